The van der Waals surface area contributed by atoms with Crippen molar-refractivity contribution in [3.8, 4) is 0 Å². The van der Waals surface area contributed by atoms with E-state index in [4.69, 9.17) is 0 Å². The number of hydrogen-bond donors (Lipinski definition) is 0. The van der Waals surface area contributed by atoms with Crippen LogP contribution in [0.4, 0.5) is 0 Å². The molecule has 0 saturated heterocycles. The fourth-order valence-electron chi connectivity index (χ4n) is 1.16. The van der Waals surface area contributed by atoms with Crippen LogP contribution in [0.1, 0.15) is 25.7 Å². The van der Waals surface area contributed by atoms with Gasteiger partial charge in [0.25, 0.3) is 0 Å². The molecule has 0 unspecified atom stereocenters. The molecule has 0 saturated carbocycles. The highest BCUT2D eigenvalue weighted by atomic mass is 13.9. The van der Waals surface area contributed by atoms with Crippen molar-refractivity contribution >= 4 is 0 Å². The van der Waals surface area contributed by atoms with Gasteiger partial charge in [-0.25, -0.2) is 0 Å². The van der Waals surface area contributed by atoms with Crippen LogP contribution in [-0.4, -0.2) is 0 Å². The third kappa shape index (κ3) is 6.24. The standard InChI is InChI=1S/C14H17/c1-2-4-6-8-10-12-14-13-11-9-7-5-3-1/h1-5,8,10,12,14H,6,9,11,13H2. The molecule has 0 heterocycles. The molecule has 0 heteroatoms. The van der Waals surface area contributed by atoms with Crippen molar-refractivity contribution in [2.45, 2.75) is 25.7 Å². The Bertz CT molecular complexity index is 262. The molecule has 0 fully saturated rings. The minimum Gasteiger partial charge on any atom is -0.0845 e. The van der Waals surface area contributed by atoms with Gasteiger partial charge in [-0.2, -0.15) is 0 Å². The van der Waals surface area contributed by atoms with Crippen LogP contribution in [0.3, 0.4) is 0 Å². The Kier molecular flexibility index (Phi) is 6.39. The third-order valence-electron chi connectivity index (χ3n) is 1.92. The van der Waals surface area contributed by atoms with Gasteiger partial charge in [0.2, 0.25) is 0 Å². The minimum absolute atomic E-state index is 1.00. The van der Waals surface area contributed by atoms with E-state index in [-0.39, 0.29) is 0 Å². The van der Waals surface area contributed by atoms with Gasteiger partial charge in [-0.3, -0.25) is 0 Å². The van der Waals surface area contributed by atoms with E-state index in [0.29, 0.717) is 0 Å². The van der Waals surface area contributed by atoms with Crippen LogP contribution < -0.4 is 0 Å². The average molecular weight is 185 g/mol. The van der Waals surface area contributed by atoms with Gasteiger partial charge in [-0.15, -0.1) is 0 Å². The normalized spacial score (nSPS) is 18.3. The van der Waals surface area contributed by atoms with E-state index in [1.54, 1.807) is 0 Å². The fraction of sp³-hybridized carbons (Fsp3) is 0.286. The zero-order chi connectivity index (χ0) is 9.90. The van der Waals surface area contributed by atoms with Crippen LogP contribution in [0.15, 0.2) is 54.7 Å². The number of hydrogen-bond acceptors (Lipinski definition) is 0. The predicted molar refractivity (Wildman–Crippen MR) is 62.8 cm³/mol. The zero-order valence-electron chi connectivity index (χ0n) is 8.52. The van der Waals surface area contributed by atoms with Gasteiger partial charge in [0.05, 0.1) is 0 Å². The Hall–Kier alpha value is -1.30. The summed E-state index contributed by atoms with van der Waals surface area (Å²) in [6.45, 7) is 0. The van der Waals surface area contributed by atoms with Crippen LogP contribution in [-0.2, 0) is 0 Å². The van der Waals surface area contributed by atoms with Crippen molar-refractivity contribution in [1.29, 1.82) is 0 Å². The van der Waals surface area contributed by atoms with Crippen LogP contribution in [0.5, 0.6) is 0 Å². The lowest BCUT2D eigenvalue weighted by Gasteiger charge is -1.88. The molecule has 73 valence electrons. The van der Waals surface area contributed by atoms with E-state index in [2.05, 4.69) is 42.5 Å². The molecule has 0 nitrogen and oxygen atoms in total. The van der Waals surface area contributed by atoms with E-state index < -0.39 is 0 Å². The monoisotopic (exact) mass is 185 g/mol. The van der Waals surface area contributed by atoms with Crippen molar-refractivity contribution in [3.63, 3.8) is 0 Å². The first-order valence-electron chi connectivity index (χ1n) is 5.20. The second-order valence-corrected chi connectivity index (χ2v) is 3.17. The Morgan fingerprint density at radius 3 is 2.50 bits per heavy atom. The first-order valence-corrected chi connectivity index (χ1v) is 5.20. The summed E-state index contributed by atoms with van der Waals surface area (Å²) in [6.07, 6.45) is 26.5. The van der Waals surface area contributed by atoms with E-state index in [9.17, 15) is 0 Å². The molecular weight excluding hydrogens is 168 g/mol. The highest BCUT2D eigenvalue weighted by Crippen LogP contribution is 1.98. The maximum atomic E-state index is 3.24. The van der Waals surface area contributed by atoms with Crippen molar-refractivity contribution < 1.29 is 0 Å². The minimum atomic E-state index is 1.00. The average Bonchev–Trinajstić information content (AvgIpc) is 2.22. The Labute approximate surface area is 87.0 Å². The molecule has 1 radical (unpaired) electrons. The van der Waals surface area contributed by atoms with E-state index >= 15 is 0 Å². The Balaban J connectivity index is 2.45. The highest BCUT2D eigenvalue weighted by Gasteiger charge is 1.79. The van der Waals surface area contributed by atoms with Crippen molar-refractivity contribution in [2.24, 2.45) is 0 Å². The number of rotatable bonds is 0. The second-order valence-electron chi connectivity index (χ2n) is 3.17. The molecule has 0 amide bonds. The van der Waals surface area contributed by atoms with Gasteiger partial charge in [-0.05, 0) is 31.8 Å². The molecule has 14 heavy (non-hydrogen) atoms. The molecule has 0 N–H and O–H groups in total. The van der Waals surface area contributed by atoms with Gasteiger partial charge in [-0.1, -0.05) is 54.7 Å². The first-order chi connectivity index (χ1) is 7.00. The quantitative estimate of drug-likeness (QED) is 0.532. The molecule has 1 aliphatic carbocycles. The molecule has 0 atom stereocenters. The zero-order valence-corrected chi connectivity index (χ0v) is 8.52. The largest absolute Gasteiger partial charge is 0.0845 e. The fourth-order valence-corrected chi connectivity index (χ4v) is 1.16. The lowest BCUT2D eigenvalue weighted by Crippen LogP contribution is -1.69. The molecule has 0 spiro atoms. The lowest BCUT2D eigenvalue weighted by molar-refractivity contribution is 0.855. The van der Waals surface area contributed by atoms with Gasteiger partial charge < -0.3 is 0 Å². The molecule has 0 aromatic heterocycles. The summed E-state index contributed by atoms with van der Waals surface area (Å²) in [5.74, 6) is 0. The molecule has 0 aromatic carbocycles. The van der Waals surface area contributed by atoms with E-state index in [0.717, 1.165) is 19.3 Å². The summed E-state index contributed by atoms with van der Waals surface area (Å²) >= 11 is 0. The van der Waals surface area contributed by atoms with Gasteiger partial charge in [0.1, 0.15) is 0 Å². The highest BCUT2D eigenvalue weighted by molar-refractivity contribution is 5.12. The van der Waals surface area contributed by atoms with E-state index in [1.165, 1.54) is 6.42 Å². The molecule has 1 aliphatic rings. The van der Waals surface area contributed by atoms with E-state index in [1.807, 2.05) is 18.2 Å². The summed E-state index contributed by atoms with van der Waals surface area (Å²) in [5.41, 5.74) is 0. The topological polar surface area (TPSA) is 0 Å². The molecule has 1 rings (SSSR count). The van der Waals surface area contributed by atoms with Crippen LogP contribution in [0.2, 0.25) is 0 Å². The lowest BCUT2D eigenvalue weighted by atomic mass is 10.2. The summed E-state index contributed by atoms with van der Waals surface area (Å²) in [7, 11) is 0. The van der Waals surface area contributed by atoms with Gasteiger partial charge in [0, 0.05) is 0 Å². The molecular formula is C14H17. The predicted octanol–water partition coefficient (Wildman–Crippen LogP) is 4.14. The van der Waals surface area contributed by atoms with Crippen molar-refractivity contribution in [3.05, 3.63) is 60.8 Å². The Morgan fingerprint density at radius 2 is 1.57 bits per heavy atom. The summed E-state index contributed by atoms with van der Waals surface area (Å²) in [4.78, 5) is 0. The van der Waals surface area contributed by atoms with Gasteiger partial charge in [0.15, 0.2) is 0 Å². The smallest absolute Gasteiger partial charge is 0.0163 e. The first kappa shape index (κ1) is 10.8. The van der Waals surface area contributed by atoms with Crippen LogP contribution in [0.25, 0.3) is 0 Å². The van der Waals surface area contributed by atoms with Gasteiger partial charge >= 0.3 is 0 Å². The molecule has 0 aliphatic heterocycles. The molecule has 0 bridgehead atoms. The van der Waals surface area contributed by atoms with Crippen molar-refractivity contribution in [2.75, 3.05) is 0 Å². The second kappa shape index (κ2) is 8.31. The summed E-state index contributed by atoms with van der Waals surface area (Å²) < 4.78 is 0. The SMILES string of the molecule is [C]1=CC=CC=CCC=CC=CCCC1. The van der Waals surface area contributed by atoms with Crippen LogP contribution >= 0.6 is 0 Å². The number of allylic oxidation sites excluding steroid dienone is 10. The molecule has 0 aromatic rings. The third-order valence-corrected chi connectivity index (χ3v) is 1.92. The summed E-state index contributed by atoms with van der Waals surface area (Å²) in [5, 5.41) is 0. The summed E-state index contributed by atoms with van der Waals surface area (Å²) in [6, 6.07) is 0. The maximum absolute atomic E-state index is 3.24. The van der Waals surface area contributed by atoms with Crippen LogP contribution in [0, 0.1) is 6.08 Å². The Morgan fingerprint density at radius 1 is 0.786 bits per heavy atom. The van der Waals surface area contributed by atoms with Crippen molar-refractivity contribution in [1.82, 2.24) is 0 Å². The maximum Gasteiger partial charge on any atom is -0.0163 e.